The molecule has 0 N–H and O–H groups in total. The first-order valence-electron chi connectivity index (χ1n) is 7.59. The molecule has 0 bridgehead atoms. The van der Waals surface area contributed by atoms with Gasteiger partial charge in [0.25, 0.3) is 0 Å². The van der Waals surface area contributed by atoms with Crippen LogP contribution < -0.4 is 0 Å². The first kappa shape index (κ1) is 18.0. The van der Waals surface area contributed by atoms with Gasteiger partial charge in [-0.3, -0.25) is 9.59 Å². The molecule has 1 aromatic carbocycles. The van der Waals surface area contributed by atoms with Crippen LogP contribution in [-0.4, -0.2) is 37.0 Å². The second-order valence-electron chi connectivity index (χ2n) is 5.45. The molecule has 0 radical (unpaired) electrons. The van der Waals surface area contributed by atoms with Crippen molar-refractivity contribution in [2.75, 3.05) is 20.2 Å². The molecule has 0 saturated heterocycles. The Balaban J connectivity index is 2.71. The van der Waals surface area contributed by atoms with Gasteiger partial charge in [0.2, 0.25) is 5.91 Å². The average molecular weight is 303 g/mol. The normalized spacial score (nSPS) is 12.2. The monoisotopic (exact) mass is 303 g/mol. The summed E-state index contributed by atoms with van der Waals surface area (Å²) in [6, 6.07) is 7.96. The van der Waals surface area contributed by atoms with E-state index in [2.05, 4.69) is 0 Å². The van der Waals surface area contributed by atoms with Gasteiger partial charge in [-0.15, -0.1) is 0 Å². The van der Waals surface area contributed by atoms with E-state index in [1.165, 1.54) is 12.7 Å². The Labute approximate surface area is 132 Å². The molecule has 1 aromatic rings. The van der Waals surface area contributed by atoms with Crippen LogP contribution in [-0.2, 0) is 14.3 Å². The summed E-state index contributed by atoms with van der Waals surface area (Å²) in [7, 11) is 1.36. The molecular formula is C18H25NO3. The van der Waals surface area contributed by atoms with E-state index < -0.39 is 0 Å². The third-order valence-corrected chi connectivity index (χ3v) is 3.40. The fourth-order valence-corrected chi connectivity index (χ4v) is 2.12. The molecule has 0 aromatic heterocycles. The number of hydrogen-bond acceptors (Lipinski definition) is 3. The minimum absolute atomic E-state index is 0.0850. The van der Waals surface area contributed by atoms with Crippen LogP contribution in [0.3, 0.4) is 0 Å². The number of aryl methyl sites for hydroxylation is 1. The maximum atomic E-state index is 12.3. The molecule has 0 aliphatic rings. The second kappa shape index (κ2) is 9.03. The van der Waals surface area contributed by atoms with Crippen molar-refractivity contribution >= 4 is 18.0 Å². The summed E-state index contributed by atoms with van der Waals surface area (Å²) in [4.78, 5) is 25.5. The van der Waals surface area contributed by atoms with Crippen molar-refractivity contribution in [2.24, 2.45) is 5.92 Å². The molecule has 0 fully saturated rings. The fraction of sp³-hybridized carbons (Fsp3) is 0.444. The summed E-state index contributed by atoms with van der Waals surface area (Å²) in [5, 5.41) is 0. The zero-order chi connectivity index (χ0) is 16.5. The highest BCUT2D eigenvalue weighted by atomic mass is 16.5. The van der Waals surface area contributed by atoms with Crippen LogP contribution in [0.15, 0.2) is 30.3 Å². The standard InChI is InChI=1S/C18H25NO3/c1-5-12-19(13-15(3)18(21)22-4)17(20)11-10-16-8-6-14(2)7-9-16/h6-11,15H,5,12-13H2,1-4H3/b11-10+. The molecular weight excluding hydrogens is 278 g/mol. The van der Waals surface area contributed by atoms with Gasteiger partial charge in [0.05, 0.1) is 13.0 Å². The lowest BCUT2D eigenvalue weighted by molar-refractivity contribution is -0.146. The zero-order valence-corrected chi connectivity index (χ0v) is 13.8. The Morgan fingerprint density at radius 2 is 1.91 bits per heavy atom. The number of nitrogens with zero attached hydrogens (tertiary/aromatic N) is 1. The van der Waals surface area contributed by atoms with Gasteiger partial charge in [-0.05, 0) is 25.0 Å². The Bertz CT molecular complexity index is 520. The van der Waals surface area contributed by atoms with Crippen LogP contribution in [0.25, 0.3) is 6.08 Å². The Kier molecular flexibility index (Phi) is 7.37. The number of esters is 1. The number of ether oxygens (including phenoxy) is 1. The molecule has 1 rings (SSSR count). The van der Waals surface area contributed by atoms with Crippen molar-refractivity contribution in [2.45, 2.75) is 27.2 Å². The van der Waals surface area contributed by atoms with E-state index >= 15 is 0 Å². The van der Waals surface area contributed by atoms with E-state index in [0.29, 0.717) is 13.1 Å². The first-order valence-corrected chi connectivity index (χ1v) is 7.59. The lowest BCUT2D eigenvalue weighted by Crippen LogP contribution is -2.36. The molecule has 1 atom stereocenters. The summed E-state index contributed by atoms with van der Waals surface area (Å²) < 4.78 is 4.72. The molecule has 0 heterocycles. The van der Waals surface area contributed by atoms with E-state index in [9.17, 15) is 9.59 Å². The third-order valence-electron chi connectivity index (χ3n) is 3.40. The maximum absolute atomic E-state index is 12.3. The van der Waals surface area contributed by atoms with E-state index in [1.54, 1.807) is 24.0 Å². The van der Waals surface area contributed by atoms with Crippen LogP contribution in [0.4, 0.5) is 0 Å². The molecule has 4 nitrogen and oxygen atoms in total. The predicted molar refractivity (Wildman–Crippen MR) is 88.3 cm³/mol. The number of benzene rings is 1. The molecule has 0 saturated carbocycles. The topological polar surface area (TPSA) is 46.6 Å². The average Bonchev–Trinajstić information content (AvgIpc) is 2.52. The predicted octanol–water partition coefficient (Wildman–Crippen LogP) is 3.06. The van der Waals surface area contributed by atoms with Gasteiger partial charge >= 0.3 is 5.97 Å². The summed E-state index contributed by atoms with van der Waals surface area (Å²) in [6.07, 6.45) is 4.20. The van der Waals surface area contributed by atoms with Crippen molar-refractivity contribution in [1.82, 2.24) is 4.90 Å². The largest absolute Gasteiger partial charge is 0.469 e. The third kappa shape index (κ3) is 5.72. The number of carbonyl (C=O) groups is 2. The first-order chi connectivity index (χ1) is 10.5. The molecule has 4 heteroatoms. The van der Waals surface area contributed by atoms with Crippen LogP contribution in [0.1, 0.15) is 31.4 Å². The molecule has 0 aliphatic carbocycles. The van der Waals surface area contributed by atoms with Gasteiger partial charge in [-0.2, -0.15) is 0 Å². The molecule has 0 spiro atoms. The summed E-state index contributed by atoms with van der Waals surface area (Å²) in [5.41, 5.74) is 2.17. The molecule has 1 amide bonds. The van der Waals surface area contributed by atoms with Gasteiger partial charge in [0.15, 0.2) is 0 Å². The van der Waals surface area contributed by atoms with Crippen LogP contribution >= 0.6 is 0 Å². The quantitative estimate of drug-likeness (QED) is 0.574. The van der Waals surface area contributed by atoms with Gasteiger partial charge < -0.3 is 9.64 Å². The van der Waals surface area contributed by atoms with E-state index in [0.717, 1.165) is 12.0 Å². The van der Waals surface area contributed by atoms with Gasteiger partial charge in [-0.1, -0.05) is 43.7 Å². The number of hydrogen-bond donors (Lipinski definition) is 0. The van der Waals surface area contributed by atoms with Crippen molar-refractivity contribution in [3.05, 3.63) is 41.5 Å². The Hall–Kier alpha value is -2.10. The van der Waals surface area contributed by atoms with Crippen molar-refractivity contribution < 1.29 is 14.3 Å². The maximum Gasteiger partial charge on any atom is 0.310 e. The number of rotatable bonds is 7. The van der Waals surface area contributed by atoms with E-state index in [4.69, 9.17) is 4.74 Å². The number of amides is 1. The Morgan fingerprint density at radius 3 is 2.45 bits per heavy atom. The molecule has 0 aliphatic heterocycles. The van der Waals surface area contributed by atoms with E-state index in [1.807, 2.05) is 38.1 Å². The van der Waals surface area contributed by atoms with Gasteiger partial charge in [0, 0.05) is 19.2 Å². The number of methoxy groups -OCH3 is 1. The van der Waals surface area contributed by atoms with Crippen molar-refractivity contribution in [1.29, 1.82) is 0 Å². The van der Waals surface area contributed by atoms with E-state index in [-0.39, 0.29) is 17.8 Å². The SMILES string of the molecule is CCCN(CC(C)C(=O)OC)C(=O)/C=C/c1ccc(C)cc1. The number of carbonyl (C=O) groups excluding carboxylic acids is 2. The highest BCUT2D eigenvalue weighted by Gasteiger charge is 2.19. The summed E-state index contributed by atoms with van der Waals surface area (Å²) >= 11 is 0. The minimum Gasteiger partial charge on any atom is -0.469 e. The lowest BCUT2D eigenvalue weighted by Gasteiger charge is -2.23. The summed E-state index contributed by atoms with van der Waals surface area (Å²) in [5.74, 6) is -0.706. The zero-order valence-electron chi connectivity index (χ0n) is 13.8. The Morgan fingerprint density at radius 1 is 1.27 bits per heavy atom. The minimum atomic E-state index is -0.326. The molecule has 120 valence electrons. The highest BCUT2D eigenvalue weighted by Crippen LogP contribution is 2.08. The smallest absolute Gasteiger partial charge is 0.310 e. The molecule has 22 heavy (non-hydrogen) atoms. The van der Waals surface area contributed by atoms with Crippen LogP contribution in [0.2, 0.25) is 0 Å². The highest BCUT2D eigenvalue weighted by molar-refractivity contribution is 5.92. The van der Waals surface area contributed by atoms with Crippen LogP contribution in [0.5, 0.6) is 0 Å². The fourth-order valence-electron chi connectivity index (χ4n) is 2.12. The van der Waals surface area contributed by atoms with Crippen molar-refractivity contribution in [3.63, 3.8) is 0 Å². The summed E-state index contributed by atoms with van der Waals surface area (Å²) in [6.45, 7) is 6.80. The molecule has 1 unspecified atom stereocenters. The van der Waals surface area contributed by atoms with Gasteiger partial charge in [0.1, 0.15) is 0 Å². The van der Waals surface area contributed by atoms with Crippen molar-refractivity contribution in [3.8, 4) is 0 Å². The lowest BCUT2D eigenvalue weighted by atomic mass is 10.1. The van der Waals surface area contributed by atoms with Gasteiger partial charge in [-0.25, -0.2) is 0 Å². The second-order valence-corrected chi connectivity index (χ2v) is 5.45. The van der Waals surface area contributed by atoms with Crippen LogP contribution in [0, 0.1) is 12.8 Å².